The van der Waals surface area contributed by atoms with Gasteiger partial charge in [0.1, 0.15) is 11.7 Å². The van der Waals surface area contributed by atoms with E-state index in [9.17, 15) is 5.26 Å². The number of benzene rings is 2. The number of aryl methyl sites for hydroxylation is 1. The molecule has 24 heavy (non-hydrogen) atoms. The molecule has 0 bridgehead atoms. The largest absolute Gasteiger partial charge is 0.300 e. The van der Waals surface area contributed by atoms with Crippen LogP contribution in [0, 0.1) is 18.3 Å². The van der Waals surface area contributed by atoms with Crippen molar-refractivity contribution in [1.29, 1.82) is 5.26 Å². The Morgan fingerprint density at radius 2 is 1.88 bits per heavy atom. The van der Waals surface area contributed by atoms with Gasteiger partial charge in [0.05, 0.1) is 11.3 Å². The first-order chi connectivity index (χ1) is 11.8. The van der Waals surface area contributed by atoms with Gasteiger partial charge in [0.25, 0.3) is 0 Å². The first-order valence-corrected chi connectivity index (χ1v) is 7.80. The van der Waals surface area contributed by atoms with E-state index in [4.69, 9.17) is 0 Å². The van der Waals surface area contributed by atoms with Crippen molar-refractivity contribution in [3.8, 4) is 22.9 Å². The van der Waals surface area contributed by atoms with Crippen molar-refractivity contribution in [3.05, 3.63) is 84.2 Å². The standard InChI is InChI=1S/C21H15N3/c1-15-5-4-7-16(13-15)18-9-11-23-21-19(18)10-12-24(21)20-8-3-2-6-17(20)14-22/h2-13H,1H3. The molecular weight excluding hydrogens is 294 g/mol. The van der Waals surface area contributed by atoms with E-state index < -0.39 is 0 Å². The molecule has 2 heterocycles. The van der Waals surface area contributed by atoms with Crippen molar-refractivity contribution < 1.29 is 0 Å². The minimum atomic E-state index is 0.637. The number of hydrogen-bond donors (Lipinski definition) is 0. The topological polar surface area (TPSA) is 41.6 Å². The maximum Gasteiger partial charge on any atom is 0.145 e. The van der Waals surface area contributed by atoms with Gasteiger partial charge in [0, 0.05) is 17.8 Å². The average molecular weight is 309 g/mol. The van der Waals surface area contributed by atoms with Crippen molar-refractivity contribution >= 4 is 11.0 Å². The number of nitriles is 1. The van der Waals surface area contributed by atoms with Gasteiger partial charge in [-0.3, -0.25) is 4.57 Å². The number of para-hydroxylation sites is 1. The Bertz CT molecular complexity index is 1080. The number of hydrogen-bond acceptors (Lipinski definition) is 2. The second-order valence-corrected chi connectivity index (χ2v) is 5.78. The molecule has 0 N–H and O–H groups in total. The van der Waals surface area contributed by atoms with E-state index in [1.807, 2.05) is 47.3 Å². The van der Waals surface area contributed by atoms with Crippen LogP contribution in [-0.4, -0.2) is 9.55 Å². The van der Waals surface area contributed by atoms with Gasteiger partial charge < -0.3 is 0 Å². The quantitative estimate of drug-likeness (QED) is 0.530. The van der Waals surface area contributed by atoms with Crippen LogP contribution in [0.25, 0.3) is 27.8 Å². The van der Waals surface area contributed by atoms with E-state index in [0.717, 1.165) is 22.3 Å². The summed E-state index contributed by atoms with van der Waals surface area (Å²) in [6.45, 7) is 2.09. The molecule has 114 valence electrons. The van der Waals surface area contributed by atoms with Gasteiger partial charge in [-0.2, -0.15) is 5.26 Å². The molecule has 2 aromatic heterocycles. The second kappa shape index (κ2) is 5.68. The molecule has 0 radical (unpaired) electrons. The van der Waals surface area contributed by atoms with Crippen LogP contribution in [0.3, 0.4) is 0 Å². The highest BCUT2D eigenvalue weighted by atomic mass is 15.0. The normalized spacial score (nSPS) is 10.7. The van der Waals surface area contributed by atoms with Crippen molar-refractivity contribution in [3.63, 3.8) is 0 Å². The molecule has 0 unspecified atom stereocenters. The fraction of sp³-hybridized carbons (Fsp3) is 0.0476. The van der Waals surface area contributed by atoms with Gasteiger partial charge in [-0.05, 0) is 42.3 Å². The van der Waals surface area contributed by atoms with E-state index in [1.165, 1.54) is 11.1 Å². The summed E-state index contributed by atoms with van der Waals surface area (Å²) in [4.78, 5) is 4.56. The zero-order valence-corrected chi connectivity index (χ0v) is 13.3. The molecule has 0 spiro atoms. The van der Waals surface area contributed by atoms with Gasteiger partial charge in [-0.25, -0.2) is 4.98 Å². The molecule has 0 amide bonds. The minimum Gasteiger partial charge on any atom is -0.300 e. The third kappa shape index (κ3) is 2.26. The van der Waals surface area contributed by atoms with Crippen LogP contribution in [0.1, 0.15) is 11.1 Å². The predicted octanol–water partition coefficient (Wildman–Crippen LogP) is 4.87. The highest BCUT2D eigenvalue weighted by molar-refractivity contribution is 5.94. The van der Waals surface area contributed by atoms with E-state index in [-0.39, 0.29) is 0 Å². The summed E-state index contributed by atoms with van der Waals surface area (Å²) < 4.78 is 1.98. The van der Waals surface area contributed by atoms with E-state index >= 15 is 0 Å². The lowest BCUT2D eigenvalue weighted by atomic mass is 10.0. The second-order valence-electron chi connectivity index (χ2n) is 5.78. The highest BCUT2D eigenvalue weighted by Gasteiger charge is 2.12. The van der Waals surface area contributed by atoms with Crippen molar-refractivity contribution in [2.24, 2.45) is 0 Å². The van der Waals surface area contributed by atoms with E-state index in [0.29, 0.717) is 5.56 Å². The third-order valence-corrected chi connectivity index (χ3v) is 4.20. The third-order valence-electron chi connectivity index (χ3n) is 4.20. The Balaban J connectivity index is 1.97. The highest BCUT2D eigenvalue weighted by Crippen LogP contribution is 2.30. The smallest absolute Gasteiger partial charge is 0.145 e. The van der Waals surface area contributed by atoms with Gasteiger partial charge in [0.2, 0.25) is 0 Å². The molecule has 4 aromatic rings. The number of aromatic nitrogens is 2. The van der Waals surface area contributed by atoms with Crippen LogP contribution in [0.5, 0.6) is 0 Å². The summed E-state index contributed by atoms with van der Waals surface area (Å²) >= 11 is 0. The number of fused-ring (bicyclic) bond motifs is 1. The minimum absolute atomic E-state index is 0.637. The zero-order valence-electron chi connectivity index (χ0n) is 13.3. The maximum atomic E-state index is 9.37. The SMILES string of the molecule is Cc1cccc(-c2ccnc3c2ccn3-c2ccccc2C#N)c1. The van der Waals surface area contributed by atoms with Crippen LogP contribution in [0.15, 0.2) is 73.1 Å². The Kier molecular flexibility index (Phi) is 3.36. The molecular formula is C21H15N3. The van der Waals surface area contributed by atoms with E-state index in [2.05, 4.69) is 48.3 Å². The lowest BCUT2D eigenvalue weighted by Crippen LogP contribution is -1.97. The summed E-state index contributed by atoms with van der Waals surface area (Å²) in [6, 6.07) is 22.4. The Morgan fingerprint density at radius 3 is 2.71 bits per heavy atom. The van der Waals surface area contributed by atoms with Gasteiger partial charge in [-0.15, -0.1) is 0 Å². The van der Waals surface area contributed by atoms with Gasteiger partial charge in [0.15, 0.2) is 0 Å². The van der Waals surface area contributed by atoms with Crippen LogP contribution in [0.2, 0.25) is 0 Å². The monoisotopic (exact) mass is 309 g/mol. The van der Waals surface area contributed by atoms with Gasteiger partial charge >= 0.3 is 0 Å². The van der Waals surface area contributed by atoms with Crippen LogP contribution >= 0.6 is 0 Å². The molecule has 0 aliphatic carbocycles. The lowest BCUT2D eigenvalue weighted by molar-refractivity contribution is 1.08. The first-order valence-electron chi connectivity index (χ1n) is 7.80. The van der Waals surface area contributed by atoms with Crippen molar-refractivity contribution in [2.75, 3.05) is 0 Å². The molecule has 2 aromatic carbocycles. The molecule has 0 aliphatic rings. The van der Waals surface area contributed by atoms with Crippen LogP contribution in [0.4, 0.5) is 0 Å². The van der Waals surface area contributed by atoms with Gasteiger partial charge in [-0.1, -0.05) is 42.0 Å². The Labute approximate surface area is 140 Å². The fourth-order valence-electron chi connectivity index (χ4n) is 3.08. The summed E-state index contributed by atoms with van der Waals surface area (Å²) in [5.74, 6) is 0. The molecule has 0 saturated carbocycles. The molecule has 0 aliphatic heterocycles. The molecule has 3 heteroatoms. The van der Waals surface area contributed by atoms with Crippen molar-refractivity contribution in [1.82, 2.24) is 9.55 Å². The van der Waals surface area contributed by atoms with E-state index in [1.54, 1.807) is 0 Å². The Hall–Kier alpha value is -3.38. The summed E-state index contributed by atoms with van der Waals surface area (Å²) in [6.07, 6.45) is 3.80. The first kappa shape index (κ1) is 14.2. The molecule has 0 fully saturated rings. The molecule has 0 saturated heterocycles. The molecule has 4 rings (SSSR count). The molecule has 0 atom stereocenters. The lowest BCUT2D eigenvalue weighted by Gasteiger charge is -2.08. The summed E-state index contributed by atoms with van der Waals surface area (Å²) in [5.41, 5.74) is 5.90. The van der Waals surface area contributed by atoms with Crippen LogP contribution < -0.4 is 0 Å². The maximum absolute atomic E-state index is 9.37. The molecule has 3 nitrogen and oxygen atoms in total. The Morgan fingerprint density at radius 1 is 1.00 bits per heavy atom. The number of rotatable bonds is 2. The predicted molar refractivity (Wildman–Crippen MR) is 96.0 cm³/mol. The average Bonchev–Trinajstić information content (AvgIpc) is 3.05. The fourth-order valence-corrected chi connectivity index (χ4v) is 3.08. The zero-order chi connectivity index (χ0) is 16.5. The number of pyridine rings is 1. The van der Waals surface area contributed by atoms with Crippen LogP contribution in [-0.2, 0) is 0 Å². The summed E-state index contributed by atoms with van der Waals surface area (Å²) in [5, 5.41) is 10.4. The number of nitrogens with zero attached hydrogens (tertiary/aromatic N) is 3. The summed E-state index contributed by atoms with van der Waals surface area (Å²) in [7, 11) is 0. The van der Waals surface area contributed by atoms with Crippen molar-refractivity contribution in [2.45, 2.75) is 6.92 Å².